The van der Waals surface area contributed by atoms with Gasteiger partial charge in [0.25, 0.3) is 5.56 Å². The molecule has 0 saturated carbocycles. The number of para-hydroxylation sites is 1. The van der Waals surface area contributed by atoms with E-state index in [4.69, 9.17) is 4.98 Å². The minimum atomic E-state index is -0.0262. The van der Waals surface area contributed by atoms with Crippen LogP contribution in [0.2, 0.25) is 0 Å². The van der Waals surface area contributed by atoms with E-state index in [0.717, 1.165) is 40.5 Å². The van der Waals surface area contributed by atoms with Gasteiger partial charge in [-0.25, -0.2) is 9.97 Å². The van der Waals surface area contributed by atoms with Crippen molar-refractivity contribution in [2.45, 2.75) is 19.4 Å². The van der Waals surface area contributed by atoms with E-state index in [1.54, 1.807) is 4.57 Å². The van der Waals surface area contributed by atoms with Crippen molar-refractivity contribution < 1.29 is 0 Å². The second-order valence-corrected chi connectivity index (χ2v) is 7.04. The minimum absolute atomic E-state index is 0.0262. The monoisotopic (exact) mass is 407 g/mol. The highest BCUT2D eigenvalue weighted by Gasteiger charge is 2.13. The van der Waals surface area contributed by atoms with Gasteiger partial charge in [-0.2, -0.15) is 0 Å². The number of alkyl halides is 1. The van der Waals surface area contributed by atoms with E-state index < -0.39 is 0 Å². The fraction of sp³-hybridized carbons (Fsp3) is 0.190. The Bertz CT molecular complexity index is 1120. The minimum Gasteiger partial charge on any atom is -0.292 e. The van der Waals surface area contributed by atoms with Gasteiger partial charge in [-0.3, -0.25) is 9.36 Å². The lowest BCUT2D eigenvalue weighted by atomic mass is 10.1. The summed E-state index contributed by atoms with van der Waals surface area (Å²) in [5.74, 6) is 0.786. The molecule has 0 aliphatic heterocycles. The first-order valence-electron chi connectivity index (χ1n) is 8.65. The van der Waals surface area contributed by atoms with Crippen molar-refractivity contribution in [2.75, 3.05) is 5.33 Å². The number of benzene rings is 2. The van der Waals surface area contributed by atoms with Crippen LogP contribution in [0, 0.1) is 0 Å². The maximum absolute atomic E-state index is 13.2. The molecular formula is C21H18BrN3O. The number of pyridine rings is 1. The van der Waals surface area contributed by atoms with Gasteiger partial charge in [0, 0.05) is 17.1 Å². The average Bonchev–Trinajstić information content (AvgIpc) is 2.68. The fourth-order valence-corrected chi connectivity index (χ4v) is 3.42. The largest absolute Gasteiger partial charge is 0.292 e. The van der Waals surface area contributed by atoms with E-state index in [9.17, 15) is 4.79 Å². The number of aromatic nitrogens is 3. The third-order valence-corrected chi connectivity index (χ3v) is 5.00. The van der Waals surface area contributed by atoms with Gasteiger partial charge in [-0.1, -0.05) is 64.5 Å². The molecule has 0 fully saturated rings. The Kier molecular flexibility index (Phi) is 4.80. The second-order valence-electron chi connectivity index (χ2n) is 6.25. The van der Waals surface area contributed by atoms with Gasteiger partial charge in [-0.05, 0) is 24.1 Å². The molecule has 0 bridgehead atoms. The predicted molar refractivity (Wildman–Crippen MR) is 109 cm³/mol. The summed E-state index contributed by atoms with van der Waals surface area (Å²) >= 11 is 3.47. The number of aryl methyl sites for hydroxylation is 1. The van der Waals surface area contributed by atoms with E-state index in [1.807, 2.05) is 60.7 Å². The Morgan fingerprint density at radius 1 is 0.962 bits per heavy atom. The molecule has 0 amide bonds. The summed E-state index contributed by atoms with van der Waals surface area (Å²) in [6, 6.07) is 19.7. The Balaban J connectivity index is 1.93. The molecule has 2 aromatic heterocycles. The van der Waals surface area contributed by atoms with Crippen LogP contribution < -0.4 is 5.56 Å². The summed E-state index contributed by atoms with van der Waals surface area (Å²) in [6.07, 6.45) is 1.65. The van der Waals surface area contributed by atoms with Gasteiger partial charge in [0.2, 0.25) is 0 Å². The molecule has 4 aromatic rings. The zero-order valence-electron chi connectivity index (χ0n) is 14.2. The van der Waals surface area contributed by atoms with Gasteiger partial charge in [-0.15, -0.1) is 0 Å². The highest BCUT2D eigenvalue weighted by molar-refractivity contribution is 9.09. The van der Waals surface area contributed by atoms with Crippen LogP contribution in [-0.2, 0) is 13.0 Å². The lowest BCUT2D eigenvalue weighted by Crippen LogP contribution is -2.26. The number of nitrogens with zero attached hydrogens (tertiary/aromatic N) is 3. The molecule has 5 heteroatoms. The number of hydrogen-bond donors (Lipinski definition) is 0. The highest BCUT2D eigenvalue weighted by Crippen LogP contribution is 2.17. The molecule has 0 radical (unpaired) electrons. The first-order valence-corrected chi connectivity index (χ1v) is 9.77. The predicted octanol–water partition coefficient (Wildman–Crippen LogP) is 4.32. The normalized spacial score (nSPS) is 11.3. The third-order valence-electron chi connectivity index (χ3n) is 4.44. The molecule has 26 heavy (non-hydrogen) atoms. The maximum Gasteiger partial charge on any atom is 0.263 e. The quantitative estimate of drug-likeness (QED) is 0.365. The van der Waals surface area contributed by atoms with Crippen LogP contribution in [0.4, 0.5) is 0 Å². The van der Waals surface area contributed by atoms with Gasteiger partial charge >= 0.3 is 0 Å². The van der Waals surface area contributed by atoms with E-state index in [0.29, 0.717) is 17.6 Å². The molecule has 130 valence electrons. The first-order chi connectivity index (χ1) is 12.8. The molecule has 2 heterocycles. The van der Waals surface area contributed by atoms with Gasteiger partial charge in [0.15, 0.2) is 5.65 Å². The van der Waals surface area contributed by atoms with Crippen molar-refractivity contribution >= 4 is 37.9 Å². The SMILES string of the molecule is O=c1c2cc3ccccc3nc2nc(CCCBr)n1Cc1ccccc1. The standard InChI is InChI=1S/C21H18BrN3O/c22-12-6-11-19-24-20-17(13-16-9-4-5-10-18(16)23-20)21(26)25(19)14-15-7-2-1-3-8-15/h1-5,7-10,13H,6,11-12,14H2. The number of hydrogen-bond acceptors (Lipinski definition) is 3. The van der Waals surface area contributed by atoms with E-state index in [1.165, 1.54) is 0 Å². The topological polar surface area (TPSA) is 47.8 Å². The lowest BCUT2D eigenvalue weighted by molar-refractivity contribution is 0.666. The van der Waals surface area contributed by atoms with Crippen LogP contribution in [0.25, 0.3) is 21.9 Å². The van der Waals surface area contributed by atoms with E-state index in [2.05, 4.69) is 20.9 Å². The fourth-order valence-electron chi connectivity index (χ4n) is 3.14. The first kappa shape index (κ1) is 16.9. The zero-order valence-corrected chi connectivity index (χ0v) is 15.8. The summed E-state index contributed by atoms with van der Waals surface area (Å²) < 4.78 is 1.79. The molecular weight excluding hydrogens is 390 g/mol. The Morgan fingerprint density at radius 2 is 1.73 bits per heavy atom. The van der Waals surface area contributed by atoms with Gasteiger partial charge in [0.05, 0.1) is 17.4 Å². The summed E-state index contributed by atoms with van der Waals surface area (Å²) in [5, 5.41) is 2.40. The Labute approximate surface area is 159 Å². The molecule has 4 rings (SSSR count). The molecule has 0 unspecified atom stereocenters. The van der Waals surface area contributed by atoms with Crippen LogP contribution >= 0.6 is 15.9 Å². The summed E-state index contributed by atoms with van der Waals surface area (Å²) in [5.41, 5.74) is 2.45. The lowest BCUT2D eigenvalue weighted by Gasteiger charge is -2.13. The molecule has 0 aliphatic carbocycles. The molecule has 0 spiro atoms. The van der Waals surface area contributed by atoms with Crippen molar-refractivity contribution in [2.24, 2.45) is 0 Å². The van der Waals surface area contributed by atoms with Crippen molar-refractivity contribution in [3.8, 4) is 0 Å². The third kappa shape index (κ3) is 3.27. The number of halogens is 1. The van der Waals surface area contributed by atoms with Gasteiger partial charge in [0.1, 0.15) is 5.82 Å². The van der Waals surface area contributed by atoms with Crippen molar-refractivity contribution in [1.82, 2.24) is 14.5 Å². The summed E-state index contributed by atoms with van der Waals surface area (Å²) in [4.78, 5) is 22.6. The number of rotatable bonds is 5. The number of fused-ring (bicyclic) bond motifs is 2. The molecule has 4 nitrogen and oxygen atoms in total. The Morgan fingerprint density at radius 3 is 2.54 bits per heavy atom. The van der Waals surface area contributed by atoms with Crippen LogP contribution in [0.1, 0.15) is 17.8 Å². The van der Waals surface area contributed by atoms with Crippen LogP contribution in [-0.4, -0.2) is 19.9 Å². The van der Waals surface area contributed by atoms with Crippen molar-refractivity contribution in [3.05, 3.63) is 82.4 Å². The highest BCUT2D eigenvalue weighted by atomic mass is 79.9. The summed E-state index contributed by atoms with van der Waals surface area (Å²) in [7, 11) is 0. The Hall–Kier alpha value is -2.53. The molecule has 0 aliphatic rings. The van der Waals surface area contributed by atoms with Crippen molar-refractivity contribution in [3.63, 3.8) is 0 Å². The smallest absolute Gasteiger partial charge is 0.263 e. The molecule has 2 aromatic carbocycles. The van der Waals surface area contributed by atoms with E-state index in [-0.39, 0.29) is 5.56 Å². The van der Waals surface area contributed by atoms with Crippen LogP contribution in [0.5, 0.6) is 0 Å². The van der Waals surface area contributed by atoms with Crippen LogP contribution in [0.3, 0.4) is 0 Å². The maximum atomic E-state index is 13.2. The van der Waals surface area contributed by atoms with E-state index >= 15 is 0 Å². The molecule has 0 atom stereocenters. The average molecular weight is 408 g/mol. The van der Waals surface area contributed by atoms with Crippen LogP contribution in [0.15, 0.2) is 65.5 Å². The second kappa shape index (κ2) is 7.38. The molecule has 0 saturated heterocycles. The van der Waals surface area contributed by atoms with Crippen molar-refractivity contribution in [1.29, 1.82) is 0 Å². The zero-order chi connectivity index (χ0) is 17.9. The summed E-state index contributed by atoms with van der Waals surface area (Å²) in [6.45, 7) is 0.521. The molecule has 0 N–H and O–H groups in total. The van der Waals surface area contributed by atoms with Gasteiger partial charge < -0.3 is 0 Å².